The molecular weight excluding hydrogens is 218 g/mol. The minimum absolute atomic E-state index is 0.406. The summed E-state index contributed by atoms with van der Waals surface area (Å²) in [6.45, 7) is 1.36. The fourth-order valence-electron chi connectivity index (χ4n) is 1.85. The number of benzene rings is 1. The molecule has 0 aliphatic carbocycles. The van der Waals surface area contributed by atoms with Gasteiger partial charge in [-0.3, -0.25) is 0 Å². The van der Waals surface area contributed by atoms with Gasteiger partial charge in [-0.15, -0.1) is 0 Å². The maximum absolute atomic E-state index is 11.4. The van der Waals surface area contributed by atoms with Crippen molar-refractivity contribution in [1.82, 2.24) is 0 Å². The zero-order valence-corrected chi connectivity index (χ0v) is 9.73. The van der Waals surface area contributed by atoms with Gasteiger partial charge in [-0.2, -0.15) is 0 Å². The molecule has 1 aromatic carbocycles. The van der Waals surface area contributed by atoms with Crippen molar-refractivity contribution < 1.29 is 14.3 Å². The molecule has 0 spiro atoms. The van der Waals surface area contributed by atoms with Gasteiger partial charge >= 0.3 is 5.97 Å². The van der Waals surface area contributed by atoms with E-state index in [0.29, 0.717) is 17.9 Å². The molecule has 0 amide bonds. The van der Waals surface area contributed by atoms with E-state index in [2.05, 4.69) is 4.74 Å². The van der Waals surface area contributed by atoms with E-state index in [9.17, 15) is 4.79 Å². The van der Waals surface area contributed by atoms with E-state index in [0.717, 1.165) is 18.6 Å². The summed E-state index contributed by atoms with van der Waals surface area (Å²) < 4.78 is 9.90. The Morgan fingerprint density at radius 2 is 2.29 bits per heavy atom. The van der Waals surface area contributed by atoms with Crippen molar-refractivity contribution in [2.45, 2.75) is 6.42 Å². The molecule has 0 fully saturated rings. The summed E-state index contributed by atoms with van der Waals surface area (Å²) in [6.07, 6.45) is 2.91. The lowest BCUT2D eigenvalue weighted by atomic mass is 9.99. The Bertz CT molecular complexity index is 466. The van der Waals surface area contributed by atoms with Gasteiger partial charge in [0, 0.05) is 5.69 Å². The SMILES string of the molecule is COC(=O)c1ccc(C2=CCOCC2)cc1N. The number of esters is 1. The third-order valence-corrected chi connectivity index (χ3v) is 2.79. The van der Waals surface area contributed by atoms with E-state index in [4.69, 9.17) is 10.5 Å². The largest absolute Gasteiger partial charge is 0.465 e. The molecule has 0 saturated heterocycles. The first-order valence-electron chi connectivity index (χ1n) is 5.47. The Kier molecular flexibility index (Phi) is 3.44. The molecule has 0 unspecified atom stereocenters. The van der Waals surface area contributed by atoms with Crippen LogP contribution in [0.3, 0.4) is 0 Å². The van der Waals surface area contributed by atoms with Crippen LogP contribution in [0, 0.1) is 0 Å². The molecule has 0 radical (unpaired) electrons. The van der Waals surface area contributed by atoms with Gasteiger partial charge in [0.15, 0.2) is 0 Å². The zero-order valence-electron chi connectivity index (χ0n) is 9.73. The molecule has 0 aromatic heterocycles. The molecule has 0 atom stereocenters. The summed E-state index contributed by atoms with van der Waals surface area (Å²) in [5.41, 5.74) is 8.95. The maximum atomic E-state index is 11.4. The predicted octanol–water partition coefficient (Wildman–Crippen LogP) is 1.86. The molecule has 1 heterocycles. The normalized spacial score (nSPS) is 15.2. The van der Waals surface area contributed by atoms with Crippen LogP contribution >= 0.6 is 0 Å². The number of rotatable bonds is 2. The predicted molar refractivity (Wildman–Crippen MR) is 65.6 cm³/mol. The summed E-state index contributed by atoms with van der Waals surface area (Å²) in [5, 5.41) is 0. The molecule has 0 bridgehead atoms. The number of nitrogens with two attached hydrogens (primary N) is 1. The average molecular weight is 233 g/mol. The summed E-state index contributed by atoms with van der Waals surface area (Å²) >= 11 is 0. The lowest BCUT2D eigenvalue weighted by molar-refractivity contribution is 0.0602. The summed E-state index contributed by atoms with van der Waals surface area (Å²) in [7, 11) is 1.34. The molecule has 0 saturated carbocycles. The van der Waals surface area contributed by atoms with Crippen LogP contribution in [0.2, 0.25) is 0 Å². The van der Waals surface area contributed by atoms with Crippen molar-refractivity contribution in [3.05, 3.63) is 35.4 Å². The van der Waals surface area contributed by atoms with E-state index in [1.165, 1.54) is 12.7 Å². The number of hydrogen-bond acceptors (Lipinski definition) is 4. The van der Waals surface area contributed by atoms with Crippen LogP contribution in [-0.2, 0) is 9.47 Å². The van der Waals surface area contributed by atoms with Gasteiger partial charge < -0.3 is 15.2 Å². The first kappa shape index (κ1) is 11.7. The number of carbonyl (C=O) groups excluding carboxylic acids is 1. The molecule has 2 rings (SSSR count). The highest BCUT2D eigenvalue weighted by atomic mass is 16.5. The highest BCUT2D eigenvalue weighted by Crippen LogP contribution is 2.25. The second kappa shape index (κ2) is 5.01. The minimum atomic E-state index is -0.407. The molecule has 1 aliphatic heterocycles. The van der Waals surface area contributed by atoms with Crippen molar-refractivity contribution >= 4 is 17.2 Å². The molecule has 1 aliphatic rings. The third-order valence-electron chi connectivity index (χ3n) is 2.79. The quantitative estimate of drug-likeness (QED) is 0.625. The number of carbonyl (C=O) groups is 1. The van der Waals surface area contributed by atoms with E-state index >= 15 is 0 Å². The smallest absolute Gasteiger partial charge is 0.339 e. The lowest BCUT2D eigenvalue weighted by Crippen LogP contribution is -2.07. The van der Waals surface area contributed by atoms with Crippen LogP contribution in [0.1, 0.15) is 22.3 Å². The zero-order chi connectivity index (χ0) is 12.3. The van der Waals surface area contributed by atoms with Gasteiger partial charge in [-0.1, -0.05) is 12.1 Å². The highest BCUT2D eigenvalue weighted by Gasteiger charge is 2.12. The molecule has 4 heteroatoms. The lowest BCUT2D eigenvalue weighted by Gasteiger charge is -2.14. The Labute approximate surface area is 100 Å². The number of methoxy groups -OCH3 is 1. The van der Waals surface area contributed by atoms with E-state index < -0.39 is 5.97 Å². The number of nitrogen functional groups attached to an aromatic ring is 1. The molecule has 2 N–H and O–H groups in total. The van der Waals surface area contributed by atoms with Crippen molar-refractivity contribution in [2.24, 2.45) is 0 Å². The van der Waals surface area contributed by atoms with Gasteiger partial charge in [0.25, 0.3) is 0 Å². The summed E-state index contributed by atoms with van der Waals surface area (Å²) in [6, 6.07) is 5.40. The molecule has 4 nitrogen and oxygen atoms in total. The van der Waals surface area contributed by atoms with E-state index in [1.807, 2.05) is 18.2 Å². The monoisotopic (exact) mass is 233 g/mol. The molecule has 17 heavy (non-hydrogen) atoms. The fraction of sp³-hybridized carbons (Fsp3) is 0.308. The number of hydrogen-bond donors (Lipinski definition) is 1. The highest BCUT2D eigenvalue weighted by molar-refractivity contribution is 5.95. The molecule has 90 valence electrons. The standard InChI is InChI=1S/C13H15NO3/c1-16-13(15)11-3-2-10(8-12(11)14)9-4-6-17-7-5-9/h2-4,8H,5-7,14H2,1H3. The van der Waals surface area contributed by atoms with Gasteiger partial charge in [-0.25, -0.2) is 4.79 Å². The second-order valence-electron chi connectivity index (χ2n) is 3.85. The summed E-state index contributed by atoms with van der Waals surface area (Å²) in [5.74, 6) is -0.407. The maximum Gasteiger partial charge on any atom is 0.339 e. The Balaban J connectivity index is 2.30. The fourth-order valence-corrected chi connectivity index (χ4v) is 1.85. The first-order chi connectivity index (χ1) is 8.22. The van der Waals surface area contributed by atoms with Crippen LogP contribution in [0.4, 0.5) is 5.69 Å². The van der Waals surface area contributed by atoms with Gasteiger partial charge in [0.05, 0.1) is 25.9 Å². The molecular formula is C13H15NO3. The van der Waals surface area contributed by atoms with Crippen LogP contribution in [0.5, 0.6) is 0 Å². The van der Waals surface area contributed by atoms with E-state index in [1.54, 1.807) is 6.07 Å². The molecule has 1 aromatic rings. The van der Waals surface area contributed by atoms with Gasteiger partial charge in [0.1, 0.15) is 0 Å². The van der Waals surface area contributed by atoms with Crippen molar-refractivity contribution in [1.29, 1.82) is 0 Å². The second-order valence-corrected chi connectivity index (χ2v) is 3.85. The van der Waals surface area contributed by atoms with Crippen molar-refractivity contribution in [3.63, 3.8) is 0 Å². The van der Waals surface area contributed by atoms with Crippen molar-refractivity contribution in [3.8, 4) is 0 Å². The number of ether oxygens (including phenoxy) is 2. The van der Waals surface area contributed by atoms with Crippen molar-refractivity contribution in [2.75, 3.05) is 26.1 Å². The summed E-state index contributed by atoms with van der Waals surface area (Å²) in [4.78, 5) is 11.4. The Morgan fingerprint density at radius 3 is 2.88 bits per heavy atom. The van der Waals surface area contributed by atoms with Crippen LogP contribution in [0.15, 0.2) is 24.3 Å². The topological polar surface area (TPSA) is 61.5 Å². The Hall–Kier alpha value is -1.81. The van der Waals surface area contributed by atoms with Gasteiger partial charge in [0.2, 0.25) is 0 Å². The number of anilines is 1. The van der Waals surface area contributed by atoms with Crippen LogP contribution in [-0.4, -0.2) is 26.3 Å². The average Bonchev–Trinajstić information content (AvgIpc) is 2.39. The van der Waals surface area contributed by atoms with Crippen LogP contribution < -0.4 is 5.73 Å². The van der Waals surface area contributed by atoms with Crippen LogP contribution in [0.25, 0.3) is 5.57 Å². The van der Waals surface area contributed by atoms with E-state index in [-0.39, 0.29) is 0 Å². The minimum Gasteiger partial charge on any atom is -0.465 e. The van der Waals surface area contributed by atoms with Gasteiger partial charge in [-0.05, 0) is 29.7 Å². The third kappa shape index (κ3) is 2.47. The first-order valence-corrected chi connectivity index (χ1v) is 5.47. The Morgan fingerprint density at radius 1 is 1.47 bits per heavy atom.